The zero-order valence-electron chi connectivity index (χ0n) is 11.0. The normalized spacial score (nSPS) is 32.0. The highest BCUT2D eigenvalue weighted by Gasteiger charge is 2.40. The van der Waals surface area contributed by atoms with Crippen LogP contribution in [0.3, 0.4) is 0 Å². The molecule has 1 heterocycles. The zero-order chi connectivity index (χ0) is 15.1. The van der Waals surface area contributed by atoms with Crippen LogP contribution in [-0.2, 0) is 4.74 Å². The van der Waals surface area contributed by atoms with Gasteiger partial charge in [0.1, 0.15) is 17.6 Å². The van der Waals surface area contributed by atoms with Crippen molar-refractivity contribution in [2.24, 2.45) is 5.92 Å². The van der Waals surface area contributed by atoms with E-state index in [2.05, 4.69) is 0 Å². The van der Waals surface area contributed by atoms with Crippen LogP contribution >= 0.6 is 0 Å². The molecule has 4 unspecified atom stereocenters. The molecule has 3 rings (SSSR count). The van der Waals surface area contributed by atoms with Crippen molar-refractivity contribution in [1.82, 2.24) is 0 Å². The van der Waals surface area contributed by atoms with Crippen molar-refractivity contribution in [2.45, 2.75) is 24.7 Å². The van der Waals surface area contributed by atoms with Gasteiger partial charge in [0.2, 0.25) is 0 Å². The molecular formula is C15H16O6. The number of aliphatic hydroxyl groups excluding tert-OH is 3. The molecule has 0 saturated carbocycles. The molecule has 2 aliphatic rings. The van der Waals surface area contributed by atoms with Gasteiger partial charge in [0.25, 0.3) is 0 Å². The number of fused-ring (bicyclic) bond motifs is 1. The maximum Gasteiger partial charge on any atom is 0.157 e. The van der Waals surface area contributed by atoms with Crippen LogP contribution in [0, 0.1) is 5.92 Å². The smallest absolute Gasteiger partial charge is 0.157 e. The van der Waals surface area contributed by atoms with Gasteiger partial charge >= 0.3 is 0 Å². The summed E-state index contributed by atoms with van der Waals surface area (Å²) in [5, 5.41) is 48.4. The van der Waals surface area contributed by atoms with Crippen molar-refractivity contribution >= 4 is 0 Å². The maximum absolute atomic E-state index is 10.2. The summed E-state index contributed by atoms with van der Waals surface area (Å²) >= 11 is 0. The molecule has 4 atom stereocenters. The molecule has 0 bridgehead atoms. The van der Waals surface area contributed by atoms with Gasteiger partial charge in [-0.25, -0.2) is 0 Å². The van der Waals surface area contributed by atoms with E-state index in [0.717, 1.165) is 0 Å². The Morgan fingerprint density at radius 2 is 1.81 bits per heavy atom. The van der Waals surface area contributed by atoms with E-state index >= 15 is 0 Å². The summed E-state index contributed by atoms with van der Waals surface area (Å²) in [6.07, 6.45) is 0.836. The highest BCUT2D eigenvalue weighted by atomic mass is 16.5. The van der Waals surface area contributed by atoms with Gasteiger partial charge in [-0.2, -0.15) is 0 Å². The zero-order valence-corrected chi connectivity index (χ0v) is 11.0. The monoisotopic (exact) mass is 292 g/mol. The minimum absolute atomic E-state index is 0.0222. The Morgan fingerprint density at radius 1 is 1.05 bits per heavy atom. The van der Waals surface area contributed by atoms with Crippen molar-refractivity contribution in [2.75, 3.05) is 0 Å². The van der Waals surface area contributed by atoms with E-state index in [1.807, 2.05) is 0 Å². The Labute approximate surface area is 120 Å². The predicted octanol–water partition coefficient (Wildman–Crippen LogP) is 1.80. The lowest BCUT2D eigenvalue weighted by atomic mass is 9.83. The van der Waals surface area contributed by atoms with Crippen LogP contribution in [-0.4, -0.2) is 37.7 Å². The number of aliphatic hydroxyl groups is 3. The van der Waals surface area contributed by atoms with E-state index in [-0.39, 0.29) is 29.4 Å². The number of hydrogen-bond acceptors (Lipinski definition) is 6. The van der Waals surface area contributed by atoms with E-state index in [1.54, 1.807) is 6.07 Å². The molecule has 0 radical (unpaired) electrons. The molecule has 1 aromatic rings. The molecule has 21 heavy (non-hydrogen) atoms. The minimum Gasteiger partial charge on any atom is -0.512 e. The fourth-order valence-electron chi connectivity index (χ4n) is 2.81. The van der Waals surface area contributed by atoms with Gasteiger partial charge < -0.3 is 30.3 Å². The molecular weight excluding hydrogens is 276 g/mol. The van der Waals surface area contributed by atoms with Crippen molar-refractivity contribution in [1.29, 1.82) is 0 Å². The average Bonchev–Trinajstić information content (AvgIpc) is 2.42. The van der Waals surface area contributed by atoms with Crippen LogP contribution < -0.4 is 0 Å². The van der Waals surface area contributed by atoms with Crippen molar-refractivity contribution in [3.05, 3.63) is 47.4 Å². The third-order valence-electron chi connectivity index (χ3n) is 3.88. The molecule has 0 spiro atoms. The second kappa shape index (κ2) is 4.98. The predicted molar refractivity (Wildman–Crippen MR) is 72.9 cm³/mol. The molecule has 0 amide bonds. The third-order valence-corrected chi connectivity index (χ3v) is 3.88. The van der Waals surface area contributed by atoms with Crippen LogP contribution in [0.1, 0.15) is 18.1 Å². The number of hydrogen-bond donors (Lipinski definition) is 5. The summed E-state index contributed by atoms with van der Waals surface area (Å²) in [4.78, 5) is 0. The number of aromatic hydroxyl groups is 2. The number of benzene rings is 1. The van der Waals surface area contributed by atoms with Gasteiger partial charge in [-0.3, -0.25) is 0 Å². The second-order valence-electron chi connectivity index (χ2n) is 5.34. The van der Waals surface area contributed by atoms with Crippen LogP contribution in [0.5, 0.6) is 11.5 Å². The molecule has 1 saturated heterocycles. The number of allylic oxidation sites excluding steroid dienone is 1. The summed E-state index contributed by atoms with van der Waals surface area (Å²) in [7, 11) is 0. The fourth-order valence-corrected chi connectivity index (χ4v) is 2.81. The summed E-state index contributed by atoms with van der Waals surface area (Å²) in [6.45, 7) is 0. The highest BCUT2D eigenvalue weighted by Crippen LogP contribution is 2.41. The first kappa shape index (κ1) is 13.8. The summed E-state index contributed by atoms with van der Waals surface area (Å²) in [5.41, 5.74) is 0.512. The van der Waals surface area contributed by atoms with Gasteiger partial charge in [0.15, 0.2) is 11.5 Å². The first-order valence-electron chi connectivity index (χ1n) is 6.62. The van der Waals surface area contributed by atoms with E-state index in [9.17, 15) is 25.5 Å². The Hall–Kier alpha value is -2.18. The van der Waals surface area contributed by atoms with Gasteiger partial charge in [-0.15, -0.1) is 0 Å². The fraction of sp³-hybridized carbons (Fsp3) is 0.333. The lowest BCUT2D eigenvalue weighted by Gasteiger charge is -2.39. The van der Waals surface area contributed by atoms with E-state index in [1.165, 1.54) is 24.3 Å². The highest BCUT2D eigenvalue weighted by molar-refractivity contribution is 5.41. The Balaban J connectivity index is 1.88. The summed E-state index contributed by atoms with van der Waals surface area (Å²) in [5.74, 6) is -1.06. The number of rotatable bonds is 1. The Kier molecular flexibility index (Phi) is 3.27. The molecule has 6 nitrogen and oxygen atoms in total. The van der Waals surface area contributed by atoms with Crippen LogP contribution in [0.15, 0.2) is 41.9 Å². The molecule has 5 N–H and O–H groups in total. The molecule has 0 aromatic heterocycles. The molecule has 1 fully saturated rings. The first-order chi connectivity index (χ1) is 9.95. The molecule has 112 valence electrons. The van der Waals surface area contributed by atoms with E-state index < -0.39 is 24.2 Å². The van der Waals surface area contributed by atoms with Crippen LogP contribution in [0.4, 0.5) is 0 Å². The standard InChI is InChI=1S/C15H16O6/c16-8-4-11(18)9-6-13(20)15(21-14(9)5-8)7-1-2-10(17)12(19)3-7/h1-5,9,13-20H,6H2. The summed E-state index contributed by atoms with van der Waals surface area (Å²) < 4.78 is 5.74. The molecule has 1 aliphatic heterocycles. The van der Waals surface area contributed by atoms with Crippen LogP contribution in [0.25, 0.3) is 0 Å². The quantitative estimate of drug-likeness (QED) is 0.505. The van der Waals surface area contributed by atoms with E-state index in [4.69, 9.17) is 4.74 Å². The molecule has 1 aliphatic carbocycles. The van der Waals surface area contributed by atoms with Crippen molar-refractivity contribution in [3.63, 3.8) is 0 Å². The largest absolute Gasteiger partial charge is 0.512 e. The topological polar surface area (TPSA) is 110 Å². The van der Waals surface area contributed by atoms with Crippen LogP contribution in [0.2, 0.25) is 0 Å². The SMILES string of the molecule is OC1=CC2OC(c3ccc(O)c(O)c3)C(O)CC2C(O)=C1. The third kappa shape index (κ3) is 2.43. The summed E-state index contributed by atoms with van der Waals surface area (Å²) in [6, 6.07) is 4.19. The molecule has 1 aromatic carbocycles. The average molecular weight is 292 g/mol. The lowest BCUT2D eigenvalue weighted by Crippen LogP contribution is -2.40. The number of phenolic OH excluding ortho intramolecular Hbond substituents is 2. The van der Waals surface area contributed by atoms with Gasteiger partial charge in [-0.1, -0.05) is 6.07 Å². The second-order valence-corrected chi connectivity index (χ2v) is 5.34. The van der Waals surface area contributed by atoms with Gasteiger partial charge in [0.05, 0.1) is 12.2 Å². The maximum atomic E-state index is 10.2. The first-order valence-corrected chi connectivity index (χ1v) is 6.62. The Bertz CT molecular complexity index is 621. The minimum atomic E-state index is -0.876. The number of ether oxygens (including phenoxy) is 1. The van der Waals surface area contributed by atoms with Crippen molar-refractivity contribution < 1.29 is 30.3 Å². The number of phenols is 2. The van der Waals surface area contributed by atoms with Gasteiger partial charge in [-0.05, 0) is 30.2 Å². The molecule has 6 heteroatoms. The van der Waals surface area contributed by atoms with Gasteiger partial charge in [0, 0.05) is 12.0 Å². The van der Waals surface area contributed by atoms with Crippen molar-refractivity contribution in [3.8, 4) is 11.5 Å². The lowest BCUT2D eigenvalue weighted by molar-refractivity contribution is -0.130. The Morgan fingerprint density at radius 3 is 2.52 bits per heavy atom. The van der Waals surface area contributed by atoms with E-state index in [0.29, 0.717) is 5.56 Å².